The fraction of sp³-hybridized carbons (Fsp3) is 0.500. The fourth-order valence-corrected chi connectivity index (χ4v) is 4.83. The van der Waals surface area contributed by atoms with Crippen LogP contribution in [-0.4, -0.2) is 63.3 Å². The Kier molecular flexibility index (Phi) is 7.27. The van der Waals surface area contributed by atoms with E-state index in [4.69, 9.17) is 0 Å². The third-order valence-corrected chi connectivity index (χ3v) is 7.44. The summed E-state index contributed by atoms with van der Waals surface area (Å²) < 4.78 is 26.7. The van der Waals surface area contributed by atoms with Gasteiger partial charge < -0.3 is 10.2 Å². The minimum absolute atomic E-state index is 0.184. The second kappa shape index (κ2) is 9.69. The van der Waals surface area contributed by atoms with E-state index in [2.05, 4.69) is 17.1 Å². The molecule has 0 radical (unpaired) electrons. The molecule has 29 heavy (non-hydrogen) atoms. The van der Waals surface area contributed by atoms with Gasteiger partial charge in [-0.15, -0.1) is 0 Å². The number of carbonyl (C=O) groups excluding carboxylic acids is 1. The molecular weight excluding hydrogens is 386 g/mol. The molecule has 2 aromatic rings. The van der Waals surface area contributed by atoms with Crippen molar-refractivity contribution < 1.29 is 13.2 Å². The molecule has 0 atom stereocenters. The van der Waals surface area contributed by atoms with Gasteiger partial charge in [-0.3, -0.25) is 4.79 Å². The molecule has 7 heteroatoms. The summed E-state index contributed by atoms with van der Waals surface area (Å²) in [4.78, 5) is 14.8. The van der Waals surface area contributed by atoms with E-state index in [9.17, 15) is 13.2 Å². The van der Waals surface area contributed by atoms with Crippen LogP contribution >= 0.6 is 0 Å². The number of carbonyl (C=O) groups is 1. The van der Waals surface area contributed by atoms with E-state index in [-0.39, 0.29) is 17.3 Å². The van der Waals surface area contributed by atoms with Crippen molar-refractivity contribution in [3.63, 3.8) is 0 Å². The first-order valence-corrected chi connectivity index (χ1v) is 11.7. The SMILES string of the molecule is CC1CCN(CCCNC(=O)CN(C)S(=O)(=O)c2ccc3ccccc3c2)CC1. The molecule has 0 aromatic heterocycles. The third kappa shape index (κ3) is 5.78. The Labute approximate surface area is 173 Å². The van der Waals surface area contributed by atoms with Gasteiger partial charge in [0.25, 0.3) is 0 Å². The first-order valence-electron chi connectivity index (χ1n) is 10.3. The molecule has 1 heterocycles. The molecule has 1 amide bonds. The Morgan fingerprint density at radius 3 is 2.55 bits per heavy atom. The van der Waals surface area contributed by atoms with E-state index in [0.29, 0.717) is 6.54 Å². The van der Waals surface area contributed by atoms with Crippen molar-refractivity contribution in [3.05, 3.63) is 42.5 Å². The van der Waals surface area contributed by atoms with Gasteiger partial charge in [0.1, 0.15) is 0 Å². The van der Waals surface area contributed by atoms with Crippen LogP contribution in [0.5, 0.6) is 0 Å². The average molecular weight is 418 g/mol. The number of hydrogen-bond donors (Lipinski definition) is 1. The van der Waals surface area contributed by atoms with Crippen LogP contribution in [-0.2, 0) is 14.8 Å². The Morgan fingerprint density at radius 1 is 1.14 bits per heavy atom. The van der Waals surface area contributed by atoms with Crippen LogP contribution in [0.15, 0.2) is 47.4 Å². The molecule has 2 aromatic carbocycles. The highest BCUT2D eigenvalue weighted by atomic mass is 32.2. The summed E-state index contributed by atoms with van der Waals surface area (Å²) >= 11 is 0. The van der Waals surface area contributed by atoms with Crippen molar-refractivity contribution in [1.29, 1.82) is 0 Å². The highest BCUT2D eigenvalue weighted by Gasteiger charge is 2.23. The topological polar surface area (TPSA) is 69.7 Å². The zero-order valence-corrected chi connectivity index (χ0v) is 18.1. The molecule has 1 aliphatic rings. The van der Waals surface area contributed by atoms with E-state index in [0.717, 1.165) is 47.1 Å². The number of piperidine rings is 1. The van der Waals surface area contributed by atoms with E-state index >= 15 is 0 Å². The number of nitrogens with one attached hydrogen (secondary N) is 1. The van der Waals surface area contributed by atoms with Crippen LogP contribution in [0, 0.1) is 5.92 Å². The number of rotatable bonds is 8. The van der Waals surface area contributed by atoms with Gasteiger partial charge in [0, 0.05) is 13.6 Å². The van der Waals surface area contributed by atoms with Gasteiger partial charge in [-0.1, -0.05) is 37.3 Å². The molecule has 158 valence electrons. The fourth-order valence-electron chi connectivity index (χ4n) is 3.67. The Balaban J connectivity index is 1.47. The van der Waals surface area contributed by atoms with Crippen molar-refractivity contribution in [2.75, 3.05) is 39.8 Å². The van der Waals surface area contributed by atoms with E-state index < -0.39 is 10.0 Å². The lowest BCUT2D eigenvalue weighted by Gasteiger charge is -2.30. The second-order valence-corrected chi connectivity index (χ2v) is 10.0. The van der Waals surface area contributed by atoms with Crippen molar-refractivity contribution in [3.8, 4) is 0 Å². The van der Waals surface area contributed by atoms with Crippen LogP contribution < -0.4 is 5.32 Å². The first-order chi connectivity index (χ1) is 13.9. The van der Waals surface area contributed by atoms with Crippen molar-refractivity contribution in [2.45, 2.75) is 31.1 Å². The van der Waals surface area contributed by atoms with E-state index in [1.54, 1.807) is 18.2 Å². The van der Waals surface area contributed by atoms with Crippen LogP contribution in [0.4, 0.5) is 0 Å². The summed E-state index contributed by atoms with van der Waals surface area (Å²) in [5, 5.41) is 4.68. The molecule has 0 spiro atoms. The van der Waals surface area contributed by atoms with Gasteiger partial charge in [-0.05, 0) is 67.7 Å². The predicted molar refractivity (Wildman–Crippen MR) is 116 cm³/mol. The number of hydrogen-bond acceptors (Lipinski definition) is 4. The van der Waals surface area contributed by atoms with Crippen LogP contribution in [0.3, 0.4) is 0 Å². The molecule has 6 nitrogen and oxygen atoms in total. The highest BCUT2D eigenvalue weighted by Crippen LogP contribution is 2.21. The van der Waals surface area contributed by atoms with Gasteiger partial charge in [0.05, 0.1) is 11.4 Å². The van der Waals surface area contributed by atoms with E-state index in [1.165, 1.54) is 19.9 Å². The summed E-state index contributed by atoms with van der Waals surface area (Å²) in [5.41, 5.74) is 0. The normalized spacial score (nSPS) is 16.4. The Hall–Kier alpha value is -1.96. The number of fused-ring (bicyclic) bond motifs is 1. The average Bonchev–Trinajstić information content (AvgIpc) is 2.72. The predicted octanol–water partition coefficient (Wildman–Crippen LogP) is 2.70. The second-order valence-electron chi connectivity index (χ2n) is 8.00. The Morgan fingerprint density at radius 2 is 1.83 bits per heavy atom. The maximum absolute atomic E-state index is 12.8. The number of likely N-dealkylation sites (N-methyl/N-ethyl adjacent to an activating group) is 1. The molecule has 3 rings (SSSR count). The van der Waals surface area contributed by atoms with Crippen molar-refractivity contribution in [1.82, 2.24) is 14.5 Å². The van der Waals surface area contributed by atoms with Crippen LogP contribution in [0.2, 0.25) is 0 Å². The minimum atomic E-state index is -3.71. The first kappa shape index (κ1) is 21.7. The van der Waals surface area contributed by atoms with Gasteiger partial charge in [0.2, 0.25) is 15.9 Å². The van der Waals surface area contributed by atoms with Crippen molar-refractivity contribution >= 4 is 26.7 Å². The molecule has 1 N–H and O–H groups in total. The summed E-state index contributed by atoms with van der Waals surface area (Å²) in [5.74, 6) is 0.537. The van der Waals surface area contributed by atoms with Crippen molar-refractivity contribution in [2.24, 2.45) is 5.92 Å². The molecule has 0 saturated carbocycles. The highest BCUT2D eigenvalue weighted by molar-refractivity contribution is 7.89. The van der Waals surface area contributed by atoms with Gasteiger partial charge in [-0.2, -0.15) is 4.31 Å². The third-order valence-electron chi connectivity index (χ3n) is 5.64. The lowest BCUT2D eigenvalue weighted by molar-refractivity contribution is -0.121. The standard InChI is InChI=1S/C22H31N3O3S/c1-18-10-14-25(15-11-18)13-5-12-23-22(26)17-24(2)29(27,28)21-9-8-19-6-3-4-7-20(19)16-21/h3-4,6-9,16,18H,5,10-15,17H2,1-2H3,(H,23,26). The molecule has 1 fully saturated rings. The molecular formula is C22H31N3O3S. The summed E-state index contributed by atoms with van der Waals surface area (Å²) in [6.45, 7) is 5.90. The zero-order chi connectivity index (χ0) is 20.9. The summed E-state index contributed by atoms with van der Waals surface area (Å²) in [6, 6.07) is 12.6. The van der Waals surface area contributed by atoms with Gasteiger partial charge in [0.15, 0.2) is 0 Å². The Bertz CT molecular complexity index is 937. The van der Waals surface area contributed by atoms with Gasteiger partial charge >= 0.3 is 0 Å². The maximum Gasteiger partial charge on any atom is 0.243 e. The number of likely N-dealkylation sites (tertiary alicyclic amines) is 1. The zero-order valence-electron chi connectivity index (χ0n) is 17.3. The molecule has 1 saturated heterocycles. The maximum atomic E-state index is 12.8. The number of nitrogens with zero attached hydrogens (tertiary/aromatic N) is 2. The molecule has 0 unspecified atom stereocenters. The van der Waals surface area contributed by atoms with Crippen LogP contribution in [0.1, 0.15) is 26.2 Å². The lowest BCUT2D eigenvalue weighted by Crippen LogP contribution is -2.39. The molecule has 0 bridgehead atoms. The molecule has 1 aliphatic heterocycles. The smallest absolute Gasteiger partial charge is 0.243 e. The van der Waals surface area contributed by atoms with Gasteiger partial charge in [-0.25, -0.2) is 8.42 Å². The minimum Gasteiger partial charge on any atom is -0.355 e. The van der Waals surface area contributed by atoms with E-state index in [1.807, 2.05) is 24.3 Å². The number of sulfonamides is 1. The summed E-state index contributed by atoms with van der Waals surface area (Å²) in [6.07, 6.45) is 3.36. The summed E-state index contributed by atoms with van der Waals surface area (Å²) in [7, 11) is -2.27. The number of benzene rings is 2. The quantitative estimate of drug-likeness (QED) is 0.671. The monoisotopic (exact) mass is 417 g/mol. The largest absolute Gasteiger partial charge is 0.355 e. The molecule has 0 aliphatic carbocycles. The van der Waals surface area contributed by atoms with Crippen LogP contribution in [0.25, 0.3) is 10.8 Å². The number of amides is 1. The lowest BCUT2D eigenvalue weighted by atomic mass is 9.99.